The molecule has 0 atom stereocenters. The van der Waals surface area contributed by atoms with E-state index in [1.807, 2.05) is 16.4 Å². The minimum Gasteiger partial charge on any atom is -0.297 e. The molecule has 1 saturated carbocycles. The highest BCUT2D eigenvalue weighted by Gasteiger charge is 2.27. The summed E-state index contributed by atoms with van der Waals surface area (Å²) >= 11 is 6.49. The Kier molecular flexibility index (Phi) is 6.81. The van der Waals surface area contributed by atoms with Gasteiger partial charge in [0.05, 0.1) is 11.7 Å². The van der Waals surface area contributed by atoms with Crippen molar-refractivity contribution >= 4 is 11.6 Å². The Balaban J connectivity index is 1.28. The lowest BCUT2D eigenvalue weighted by molar-refractivity contribution is 0.166. The van der Waals surface area contributed by atoms with Gasteiger partial charge in [-0.2, -0.15) is 0 Å². The van der Waals surface area contributed by atoms with Crippen molar-refractivity contribution in [2.45, 2.75) is 70.4 Å². The molecule has 0 N–H and O–H groups in total. The SMILES string of the molecule is Cn1c(CN2CCC(CCCc3ccccc3)CC2)c(Cl)c(=O)n1C1CCCC1. The molecule has 4 nitrogen and oxygen atoms in total. The van der Waals surface area contributed by atoms with Gasteiger partial charge in [-0.25, -0.2) is 4.68 Å². The summed E-state index contributed by atoms with van der Waals surface area (Å²) in [5.74, 6) is 0.831. The fourth-order valence-electron chi connectivity index (χ4n) is 5.25. The maximum atomic E-state index is 12.7. The van der Waals surface area contributed by atoms with Gasteiger partial charge >= 0.3 is 0 Å². The summed E-state index contributed by atoms with van der Waals surface area (Å²) in [6.45, 7) is 3.01. The van der Waals surface area contributed by atoms with Crippen molar-refractivity contribution in [1.82, 2.24) is 14.3 Å². The highest BCUT2D eigenvalue weighted by Crippen LogP contribution is 2.30. The molecule has 1 saturated heterocycles. The zero-order valence-corrected chi connectivity index (χ0v) is 18.4. The van der Waals surface area contributed by atoms with E-state index in [0.29, 0.717) is 11.1 Å². The zero-order chi connectivity index (χ0) is 20.2. The van der Waals surface area contributed by atoms with Gasteiger partial charge in [0.1, 0.15) is 5.02 Å². The summed E-state index contributed by atoms with van der Waals surface area (Å²) < 4.78 is 3.97. The van der Waals surface area contributed by atoms with Crippen LogP contribution in [-0.4, -0.2) is 27.4 Å². The third-order valence-electron chi connectivity index (χ3n) is 7.03. The molecule has 2 aromatic rings. The molecule has 1 aromatic heterocycles. The average molecular weight is 416 g/mol. The fraction of sp³-hybridized carbons (Fsp3) is 0.625. The highest BCUT2D eigenvalue weighted by atomic mass is 35.5. The summed E-state index contributed by atoms with van der Waals surface area (Å²) in [5, 5.41) is 0.435. The van der Waals surface area contributed by atoms with Crippen molar-refractivity contribution in [2.75, 3.05) is 13.1 Å². The van der Waals surface area contributed by atoms with E-state index in [-0.39, 0.29) is 5.56 Å². The number of nitrogens with zero attached hydrogens (tertiary/aromatic N) is 3. The normalized spacial score (nSPS) is 19.2. The Hall–Kier alpha value is -1.52. The van der Waals surface area contributed by atoms with E-state index >= 15 is 0 Å². The van der Waals surface area contributed by atoms with Crippen molar-refractivity contribution in [3.63, 3.8) is 0 Å². The van der Waals surface area contributed by atoms with Crippen LogP contribution in [0.5, 0.6) is 0 Å². The number of benzene rings is 1. The Morgan fingerprint density at radius 2 is 1.72 bits per heavy atom. The predicted octanol–water partition coefficient (Wildman–Crippen LogP) is 5.19. The van der Waals surface area contributed by atoms with E-state index in [9.17, 15) is 4.79 Å². The molecule has 0 spiro atoms. The smallest absolute Gasteiger partial charge is 0.286 e. The molecule has 0 amide bonds. The number of hydrogen-bond donors (Lipinski definition) is 0. The molecule has 2 aliphatic rings. The van der Waals surface area contributed by atoms with Gasteiger partial charge in [0.15, 0.2) is 0 Å². The van der Waals surface area contributed by atoms with Crippen LogP contribution in [0.1, 0.15) is 68.7 Å². The molecule has 158 valence electrons. The number of aryl methyl sites for hydroxylation is 1. The standard InChI is InChI=1S/C24H34ClN3O/c1-26-22(23(25)24(29)28(26)21-12-5-6-13-21)18-27-16-14-20(15-17-27)11-7-10-19-8-3-2-4-9-19/h2-4,8-9,20-21H,5-7,10-18H2,1H3. The Bertz CT molecular complexity index is 843. The van der Waals surface area contributed by atoms with Crippen LogP contribution < -0.4 is 5.56 Å². The molecule has 2 fully saturated rings. The van der Waals surface area contributed by atoms with Gasteiger partial charge in [-0.15, -0.1) is 0 Å². The number of likely N-dealkylation sites (tertiary alicyclic amines) is 1. The first-order chi connectivity index (χ1) is 14.1. The van der Waals surface area contributed by atoms with E-state index < -0.39 is 0 Å². The second-order valence-electron chi connectivity index (χ2n) is 8.97. The summed E-state index contributed by atoms with van der Waals surface area (Å²) in [6.07, 6.45) is 10.9. The minimum atomic E-state index is 0.00636. The van der Waals surface area contributed by atoms with Crippen molar-refractivity contribution in [1.29, 1.82) is 0 Å². The molecule has 5 heteroatoms. The van der Waals surface area contributed by atoms with E-state index in [2.05, 4.69) is 35.2 Å². The average Bonchev–Trinajstić information content (AvgIpc) is 3.33. The van der Waals surface area contributed by atoms with E-state index in [4.69, 9.17) is 11.6 Å². The van der Waals surface area contributed by atoms with Gasteiger partial charge in [-0.3, -0.25) is 14.4 Å². The molecular weight excluding hydrogens is 382 g/mol. The molecular formula is C24H34ClN3O. The van der Waals surface area contributed by atoms with Crippen LogP contribution in [0.4, 0.5) is 0 Å². The Morgan fingerprint density at radius 3 is 2.41 bits per heavy atom. The quantitative estimate of drug-likeness (QED) is 0.622. The first-order valence-electron chi connectivity index (χ1n) is 11.4. The summed E-state index contributed by atoms with van der Waals surface area (Å²) in [4.78, 5) is 15.2. The number of halogens is 1. The van der Waals surface area contributed by atoms with Gasteiger partial charge in [0.2, 0.25) is 0 Å². The lowest BCUT2D eigenvalue weighted by Gasteiger charge is -2.32. The van der Waals surface area contributed by atoms with Crippen molar-refractivity contribution < 1.29 is 0 Å². The van der Waals surface area contributed by atoms with Gasteiger partial charge in [-0.05, 0) is 63.1 Å². The van der Waals surface area contributed by atoms with Crippen LogP contribution >= 0.6 is 11.6 Å². The zero-order valence-electron chi connectivity index (χ0n) is 17.7. The second kappa shape index (κ2) is 9.53. The van der Waals surface area contributed by atoms with E-state index in [0.717, 1.165) is 44.1 Å². The molecule has 1 aromatic carbocycles. The lowest BCUT2D eigenvalue weighted by atomic mass is 9.90. The van der Waals surface area contributed by atoms with E-state index in [1.165, 1.54) is 50.5 Å². The molecule has 0 unspecified atom stereocenters. The van der Waals surface area contributed by atoms with Crippen molar-refractivity contribution in [3.05, 3.63) is 57.0 Å². The van der Waals surface area contributed by atoms with Crippen LogP contribution in [0.2, 0.25) is 5.02 Å². The topological polar surface area (TPSA) is 30.2 Å². The molecule has 1 aliphatic carbocycles. The largest absolute Gasteiger partial charge is 0.297 e. The molecule has 29 heavy (non-hydrogen) atoms. The predicted molar refractivity (Wildman–Crippen MR) is 120 cm³/mol. The van der Waals surface area contributed by atoms with Crippen molar-refractivity contribution in [2.24, 2.45) is 13.0 Å². The van der Waals surface area contributed by atoms with Crippen LogP contribution in [0.25, 0.3) is 0 Å². The first kappa shape index (κ1) is 20.7. The molecule has 1 aliphatic heterocycles. The number of aromatic nitrogens is 2. The fourth-order valence-corrected chi connectivity index (χ4v) is 5.52. The summed E-state index contributed by atoms with van der Waals surface area (Å²) in [6, 6.07) is 11.1. The summed E-state index contributed by atoms with van der Waals surface area (Å²) in [7, 11) is 2.01. The highest BCUT2D eigenvalue weighted by molar-refractivity contribution is 6.31. The second-order valence-corrected chi connectivity index (χ2v) is 9.35. The molecule has 2 heterocycles. The van der Waals surface area contributed by atoms with E-state index in [1.54, 1.807) is 0 Å². The monoisotopic (exact) mass is 415 g/mol. The third kappa shape index (κ3) is 4.80. The van der Waals surface area contributed by atoms with Gasteiger partial charge in [0.25, 0.3) is 5.56 Å². The Labute approximate surface area is 179 Å². The van der Waals surface area contributed by atoms with Gasteiger partial charge in [-0.1, -0.05) is 61.2 Å². The minimum absolute atomic E-state index is 0.00636. The van der Waals surface area contributed by atoms with Crippen molar-refractivity contribution in [3.8, 4) is 0 Å². The van der Waals surface area contributed by atoms with Gasteiger partial charge in [0, 0.05) is 13.6 Å². The van der Waals surface area contributed by atoms with Crippen LogP contribution in [0.15, 0.2) is 35.1 Å². The number of rotatable bonds is 7. The molecule has 0 radical (unpaired) electrons. The lowest BCUT2D eigenvalue weighted by Crippen LogP contribution is -2.34. The van der Waals surface area contributed by atoms with Crippen LogP contribution in [0.3, 0.4) is 0 Å². The molecule has 4 rings (SSSR count). The third-order valence-corrected chi connectivity index (χ3v) is 7.41. The number of hydrogen-bond acceptors (Lipinski definition) is 2. The van der Waals surface area contributed by atoms with Crippen LogP contribution in [-0.2, 0) is 20.0 Å². The van der Waals surface area contributed by atoms with Crippen LogP contribution in [0, 0.1) is 5.92 Å². The molecule has 0 bridgehead atoms. The number of piperidine rings is 1. The first-order valence-corrected chi connectivity index (χ1v) is 11.7. The Morgan fingerprint density at radius 1 is 1.03 bits per heavy atom. The maximum absolute atomic E-state index is 12.7. The summed E-state index contributed by atoms with van der Waals surface area (Å²) in [5.41, 5.74) is 2.45. The van der Waals surface area contributed by atoms with Gasteiger partial charge < -0.3 is 0 Å². The maximum Gasteiger partial charge on any atom is 0.286 e.